The van der Waals surface area contributed by atoms with Gasteiger partial charge in [-0.15, -0.1) is 0 Å². The molecule has 12 heteroatoms. The molecule has 0 aliphatic heterocycles. The largest absolute Gasteiger partial charge is 0.495 e. The van der Waals surface area contributed by atoms with Crippen LogP contribution in [0, 0.1) is 0 Å². The summed E-state index contributed by atoms with van der Waals surface area (Å²) >= 11 is 19.2. The molecule has 0 aromatic heterocycles. The summed E-state index contributed by atoms with van der Waals surface area (Å²) in [7, 11) is -2.81. The predicted molar refractivity (Wildman–Crippen MR) is 163 cm³/mol. The second-order valence-electron chi connectivity index (χ2n) is 9.45. The Bertz CT molecular complexity index is 1470. The molecule has 2 amide bonds. The fraction of sp³-hybridized carbons (Fsp3) is 0.310. The van der Waals surface area contributed by atoms with E-state index in [4.69, 9.17) is 39.5 Å². The fourth-order valence-electron chi connectivity index (χ4n) is 4.21. The van der Waals surface area contributed by atoms with Gasteiger partial charge < -0.3 is 15.0 Å². The van der Waals surface area contributed by atoms with E-state index in [1.54, 1.807) is 43.3 Å². The molecule has 0 fully saturated rings. The van der Waals surface area contributed by atoms with E-state index in [1.807, 2.05) is 13.8 Å². The number of amides is 2. The van der Waals surface area contributed by atoms with E-state index in [-0.39, 0.29) is 40.5 Å². The standard InChI is InChI=1S/C29H32Cl3N3O5S/c1-5-26(29(37)33-19(2)3)34(17-22-23(30)12-9-13-24(22)31)28(36)18-35(20-14-15-27(40-4)25(32)16-20)41(38,39)21-10-7-6-8-11-21/h6-16,19,26H,5,17-18H2,1-4H3,(H,33,37)/t26-/m1/s1. The summed E-state index contributed by atoms with van der Waals surface area (Å²) in [5, 5.41) is 3.62. The highest BCUT2D eigenvalue weighted by atomic mass is 35.5. The normalized spacial score (nSPS) is 12.1. The first-order chi connectivity index (χ1) is 19.4. The number of nitrogens with zero attached hydrogens (tertiary/aromatic N) is 2. The maximum Gasteiger partial charge on any atom is 0.264 e. The molecule has 3 rings (SSSR count). The van der Waals surface area contributed by atoms with Crippen molar-refractivity contribution in [2.24, 2.45) is 0 Å². The molecule has 0 aliphatic rings. The molecule has 0 aliphatic carbocycles. The molecular weight excluding hydrogens is 609 g/mol. The monoisotopic (exact) mass is 639 g/mol. The lowest BCUT2D eigenvalue weighted by atomic mass is 10.1. The zero-order valence-electron chi connectivity index (χ0n) is 23.1. The maximum absolute atomic E-state index is 14.1. The number of ether oxygens (including phenoxy) is 1. The van der Waals surface area contributed by atoms with E-state index in [2.05, 4.69) is 5.32 Å². The van der Waals surface area contributed by atoms with E-state index >= 15 is 0 Å². The molecule has 0 heterocycles. The van der Waals surface area contributed by atoms with Gasteiger partial charge in [-0.3, -0.25) is 13.9 Å². The van der Waals surface area contributed by atoms with E-state index in [1.165, 1.54) is 42.3 Å². The molecule has 8 nitrogen and oxygen atoms in total. The van der Waals surface area contributed by atoms with Crippen LogP contribution < -0.4 is 14.4 Å². The van der Waals surface area contributed by atoms with Crippen molar-refractivity contribution in [2.45, 2.75) is 50.7 Å². The number of methoxy groups -OCH3 is 1. The number of sulfonamides is 1. The van der Waals surface area contributed by atoms with Gasteiger partial charge in [-0.2, -0.15) is 0 Å². The van der Waals surface area contributed by atoms with Crippen LogP contribution in [0.5, 0.6) is 5.75 Å². The summed E-state index contributed by atoms with van der Waals surface area (Å²) in [6.45, 7) is 4.63. The Morgan fingerprint density at radius 3 is 2.10 bits per heavy atom. The van der Waals surface area contributed by atoms with Crippen LogP contribution >= 0.6 is 34.8 Å². The number of hydrogen-bond donors (Lipinski definition) is 1. The smallest absolute Gasteiger partial charge is 0.264 e. The van der Waals surface area contributed by atoms with Gasteiger partial charge in [0.05, 0.1) is 22.7 Å². The Hall–Kier alpha value is -2.98. The highest BCUT2D eigenvalue weighted by Crippen LogP contribution is 2.33. The lowest BCUT2D eigenvalue weighted by Crippen LogP contribution is -2.53. The van der Waals surface area contributed by atoms with Crippen molar-refractivity contribution in [1.82, 2.24) is 10.2 Å². The molecule has 0 saturated heterocycles. The number of anilines is 1. The SMILES string of the molecule is CC[C@H](C(=O)NC(C)C)N(Cc1c(Cl)cccc1Cl)C(=O)CN(c1ccc(OC)c(Cl)c1)S(=O)(=O)c1ccccc1. The van der Waals surface area contributed by atoms with E-state index in [0.29, 0.717) is 21.4 Å². The highest BCUT2D eigenvalue weighted by Gasteiger charge is 2.34. The lowest BCUT2D eigenvalue weighted by Gasteiger charge is -2.34. The van der Waals surface area contributed by atoms with Crippen LogP contribution in [0.3, 0.4) is 0 Å². The van der Waals surface area contributed by atoms with Crippen molar-refractivity contribution in [1.29, 1.82) is 0 Å². The Labute approximate surface area is 256 Å². The van der Waals surface area contributed by atoms with Gasteiger partial charge >= 0.3 is 0 Å². The minimum Gasteiger partial charge on any atom is -0.495 e. The number of hydrogen-bond acceptors (Lipinski definition) is 5. The average Bonchev–Trinajstić information content (AvgIpc) is 2.93. The molecule has 220 valence electrons. The van der Waals surface area contributed by atoms with Crippen LogP contribution in [0.25, 0.3) is 0 Å². The van der Waals surface area contributed by atoms with E-state index in [0.717, 1.165) is 4.31 Å². The summed E-state index contributed by atoms with van der Waals surface area (Å²) in [5.41, 5.74) is 0.577. The average molecular weight is 641 g/mol. The Morgan fingerprint density at radius 2 is 1.56 bits per heavy atom. The van der Waals surface area contributed by atoms with Crippen molar-refractivity contribution >= 4 is 62.3 Å². The van der Waals surface area contributed by atoms with Crippen LogP contribution in [-0.2, 0) is 26.2 Å². The van der Waals surface area contributed by atoms with Gasteiger partial charge in [0.25, 0.3) is 10.0 Å². The van der Waals surface area contributed by atoms with Gasteiger partial charge in [0.1, 0.15) is 18.3 Å². The van der Waals surface area contributed by atoms with Gasteiger partial charge in [-0.1, -0.05) is 66.0 Å². The zero-order valence-corrected chi connectivity index (χ0v) is 26.2. The third-order valence-corrected chi connectivity index (χ3v) is 9.03. The third-order valence-electron chi connectivity index (χ3n) is 6.24. The van der Waals surface area contributed by atoms with Crippen molar-refractivity contribution in [3.05, 3.63) is 87.4 Å². The molecule has 3 aromatic rings. The number of benzene rings is 3. The zero-order chi connectivity index (χ0) is 30.3. The summed E-state index contributed by atoms with van der Waals surface area (Å²) in [4.78, 5) is 28.7. The minimum absolute atomic E-state index is 0.0231. The Morgan fingerprint density at radius 1 is 0.927 bits per heavy atom. The number of carbonyl (C=O) groups excluding carboxylic acids is 2. The van der Waals surface area contributed by atoms with Gasteiger partial charge in [-0.25, -0.2) is 8.42 Å². The van der Waals surface area contributed by atoms with Gasteiger partial charge in [0.15, 0.2) is 0 Å². The number of halogens is 3. The highest BCUT2D eigenvalue weighted by molar-refractivity contribution is 7.92. The molecule has 41 heavy (non-hydrogen) atoms. The summed E-state index contributed by atoms with van der Waals surface area (Å²) in [6, 6.07) is 16.0. The second kappa shape index (κ2) is 14.3. The first-order valence-corrected chi connectivity index (χ1v) is 15.4. The number of nitrogens with one attached hydrogen (secondary N) is 1. The van der Waals surface area contributed by atoms with E-state index in [9.17, 15) is 18.0 Å². The van der Waals surface area contributed by atoms with Crippen LogP contribution in [0.2, 0.25) is 15.1 Å². The molecular formula is C29H32Cl3N3O5S. The molecule has 0 saturated carbocycles. The molecule has 0 unspecified atom stereocenters. The second-order valence-corrected chi connectivity index (χ2v) is 12.5. The van der Waals surface area contributed by atoms with Crippen LogP contribution in [0.1, 0.15) is 32.8 Å². The Kier molecular flexibility index (Phi) is 11.3. The first kappa shape index (κ1) is 32.5. The summed E-state index contributed by atoms with van der Waals surface area (Å²) in [6.07, 6.45) is 0.256. The van der Waals surface area contributed by atoms with Crippen LogP contribution in [0.4, 0.5) is 5.69 Å². The minimum atomic E-state index is -4.25. The van der Waals surface area contributed by atoms with Gasteiger partial charge in [0.2, 0.25) is 11.8 Å². The summed E-state index contributed by atoms with van der Waals surface area (Å²) < 4.78 is 34.0. The summed E-state index contributed by atoms with van der Waals surface area (Å²) in [5.74, 6) is -0.688. The first-order valence-electron chi connectivity index (χ1n) is 12.8. The van der Waals surface area contributed by atoms with Crippen LogP contribution in [-0.4, -0.2) is 50.9 Å². The number of rotatable bonds is 12. The Balaban J connectivity index is 2.13. The lowest BCUT2D eigenvalue weighted by molar-refractivity contribution is -0.140. The molecule has 0 spiro atoms. The molecule has 1 N–H and O–H groups in total. The molecule has 0 radical (unpaired) electrons. The predicted octanol–water partition coefficient (Wildman–Crippen LogP) is 6.18. The maximum atomic E-state index is 14.1. The van der Waals surface area contributed by atoms with Gasteiger partial charge in [0, 0.05) is 28.2 Å². The van der Waals surface area contributed by atoms with Gasteiger partial charge in [-0.05, 0) is 62.7 Å². The third kappa shape index (κ3) is 7.86. The van der Waals surface area contributed by atoms with Crippen molar-refractivity contribution in [2.75, 3.05) is 18.0 Å². The molecule has 0 bridgehead atoms. The number of carbonyl (C=O) groups is 2. The fourth-order valence-corrected chi connectivity index (χ4v) is 6.41. The van der Waals surface area contributed by atoms with Crippen molar-refractivity contribution in [3.8, 4) is 5.75 Å². The molecule has 1 atom stereocenters. The van der Waals surface area contributed by atoms with E-state index < -0.39 is 28.5 Å². The van der Waals surface area contributed by atoms with Crippen molar-refractivity contribution in [3.63, 3.8) is 0 Å². The quantitative estimate of drug-likeness (QED) is 0.255. The molecule has 3 aromatic carbocycles. The van der Waals surface area contributed by atoms with Crippen LogP contribution in [0.15, 0.2) is 71.6 Å². The topological polar surface area (TPSA) is 96.0 Å². The van der Waals surface area contributed by atoms with Crippen molar-refractivity contribution < 1.29 is 22.7 Å².